The van der Waals surface area contributed by atoms with Crippen LogP contribution in [0.4, 0.5) is 0 Å². The first-order valence-corrected chi connectivity index (χ1v) is 6.34. The minimum atomic E-state index is -0.914. The Morgan fingerprint density at radius 2 is 2.12 bits per heavy atom. The Morgan fingerprint density at radius 3 is 2.71 bits per heavy atom. The molecule has 0 aromatic rings. The maximum atomic E-state index is 10.6. The van der Waals surface area contributed by atoms with Gasteiger partial charge in [0.05, 0.1) is 0 Å². The lowest BCUT2D eigenvalue weighted by molar-refractivity contribution is -0.138. The van der Waals surface area contributed by atoms with Crippen molar-refractivity contribution in [1.82, 2.24) is 4.90 Å². The summed E-state index contributed by atoms with van der Waals surface area (Å²) in [4.78, 5) is 12.7. The van der Waals surface area contributed by atoms with Crippen molar-refractivity contribution in [2.75, 3.05) is 33.4 Å². The van der Waals surface area contributed by atoms with Gasteiger partial charge in [0.2, 0.25) is 0 Å². The molecule has 100 valence electrons. The molecule has 1 saturated heterocycles. The Morgan fingerprint density at radius 1 is 1.47 bits per heavy atom. The Kier molecular flexibility index (Phi) is 6.47. The number of carboxylic acid groups (broad SMARTS) is 1. The Balaban J connectivity index is 2.07. The third-order valence-corrected chi connectivity index (χ3v) is 3.40. The molecule has 0 saturated carbocycles. The van der Waals surface area contributed by atoms with Crippen LogP contribution in [0.2, 0.25) is 0 Å². The zero-order chi connectivity index (χ0) is 12.7. The third kappa shape index (κ3) is 6.00. The second-order valence-corrected chi connectivity index (χ2v) is 4.88. The normalized spacial score (nSPS) is 19.5. The van der Waals surface area contributed by atoms with Crippen molar-refractivity contribution in [3.05, 3.63) is 0 Å². The standard InChI is InChI=1S/C12H24N2O3/c1-14(7-3-11(13)12(15)16)6-2-10-4-8-17-9-5-10/h10-11H,2-9,13H2,1H3,(H,15,16). The molecule has 1 unspecified atom stereocenters. The fourth-order valence-electron chi connectivity index (χ4n) is 2.03. The van der Waals surface area contributed by atoms with Crippen molar-refractivity contribution in [3.63, 3.8) is 0 Å². The molecule has 0 aromatic carbocycles. The van der Waals surface area contributed by atoms with Gasteiger partial charge < -0.3 is 20.5 Å². The molecule has 0 aromatic heterocycles. The zero-order valence-corrected chi connectivity index (χ0v) is 10.6. The monoisotopic (exact) mass is 244 g/mol. The summed E-state index contributed by atoms with van der Waals surface area (Å²) in [6, 6.07) is -0.736. The predicted molar refractivity (Wildman–Crippen MR) is 65.9 cm³/mol. The van der Waals surface area contributed by atoms with E-state index >= 15 is 0 Å². The van der Waals surface area contributed by atoms with Crippen LogP contribution < -0.4 is 5.73 Å². The summed E-state index contributed by atoms with van der Waals surface area (Å²) >= 11 is 0. The number of nitrogens with two attached hydrogens (primary N) is 1. The van der Waals surface area contributed by atoms with Gasteiger partial charge in [-0.25, -0.2) is 0 Å². The van der Waals surface area contributed by atoms with E-state index in [1.807, 2.05) is 7.05 Å². The molecule has 17 heavy (non-hydrogen) atoms. The average Bonchev–Trinajstić information content (AvgIpc) is 2.34. The summed E-state index contributed by atoms with van der Waals surface area (Å²) in [5.41, 5.74) is 5.46. The predicted octanol–water partition coefficient (Wildman–Crippen LogP) is 0.537. The fraction of sp³-hybridized carbons (Fsp3) is 0.917. The minimum absolute atomic E-state index is 0.514. The highest BCUT2D eigenvalue weighted by Gasteiger charge is 2.15. The van der Waals surface area contributed by atoms with Gasteiger partial charge in [0, 0.05) is 13.2 Å². The van der Waals surface area contributed by atoms with E-state index in [4.69, 9.17) is 15.6 Å². The molecule has 5 heteroatoms. The molecule has 0 amide bonds. The van der Waals surface area contributed by atoms with E-state index in [0.29, 0.717) is 6.42 Å². The number of rotatable bonds is 7. The number of aliphatic carboxylic acids is 1. The van der Waals surface area contributed by atoms with Gasteiger partial charge in [0.25, 0.3) is 0 Å². The molecule has 0 radical (unpaired) electrons. The Bertz CT molecular complexity index is 230. The highest BCUT2D eigenvalue weighted by molar-refractivity contribution is 5.72. The lowest BCUT2D eigenvalue weighted by Gasteiger charge is -2.25. The Hall–Kier alpha value is -0.650. The summed E-state index contributed by atoms with van der Waals surface area (Å²) < 4.78 is 5.32. The van der Waals surface area contributed by atoms with Crippen LogP contribution in [0.1, 0.15) is 25.7 Å². The van der Waals surface area contributed by atoms with Crippen molar-refractivity contribution >= 4 is 5.97 Å². The molecule has 0 bridgehead atoms. The number of hydrogen-bond donors (Lipinski definition) is 2. The van der Waals surface area contributed by atoms with Crippen LogP contribution in [0.15, 0.2) is 0 Å². The summed E-state index contributed by atoms with van der Waals surface area (Å²) in [6.45, 7) is 3.53. The number of nitrogens with zero attached hydrogens (tertiary/aromatic N) is 1. The van der Waals surface area contributed by atoms with E-state index in [0.717, 1.165) is 45.1 Å². The van der Waals surface area contributed by atoms with Crippen molar-refractivity contribution < 1.29 is 14.6 Å². The molecular formula is C12H24N2O3. The zero-order valence-electron chi connectivity index (χ0n) is 10.6. The molecule has 0 aliphatic carbocycles. The van der Waals surface area contributed by atoms with Gasteiger partial charge in [-0.1, -0.05) is 0 Å². The summed E-state index contributed by atoms with van der Waals surface area (Å²) in [7, 11) is 2.02. The van der Waals surface area contributed by atoms with Gasteiger partial charge >= 0.3 is 5.97 Å². The van der Waals surface area contributed by atoms with Crippen molar-refractivity contribution in [1.29, 1.82) is 0 Å². The van der Waals surface area contributed by atoms with Crippen LogP contribution in [0.5, 0.6) is 0 Å². The topological polar surface area (TPSA) is 75.8 Å². The van der Waals surface area contributed by atoms with E-state index in [9.17, 15) is 4.79 Å². The van der Waals surface area contributed by atoms with Gasteiger partial charge in [-0.05, 0) is 51.7 Å². The molecular weight excluding hydrogens is 220 g/mol. The van der Waals surface area contributed by atoms with Crippen LogP contribution in [0.3, 0.4) is 0 Å². The average molecular weight is 244 g/mol. The molecule has 1 fully saturated rings. The fourth-order valence-corrected chi connectivity index (χ4v) is 2.03. The van der Waals surface area contributed by atoms with Gasteiger partial charge in [-0.2, -0.15) is 0 Å². The van der Waals surface area contributed by atoms with Gasteiger partial charge in [-0.3, -0.25) is 4.79 Å². The van der Waals surface area contributed by atoms with Gasteiger partial charge in [0.15, 0.2) is 0 Å². The second kappa shape index (κ2) is 7.63. The second-order valence-electron chi connectivity index (χ2n) is 4.88. The van der Waals surface area contributed by atoms with E-state index in [2.05, 4.69) is 4.90 Å². The smallest absolute Gasteiger partial charge is 0.320 e. The van der Waals surface area contributed by atoms with E-state index in [1.54, 1.807) is 0 Å². The van der Waals surface area contributed by atoms with Crippen LogP contribution >= 0.6 is 0 Å². The summed E-state index contributed by atoms with van der Waals surface area (Å²) in [5.74, 6) is -0.151. The van der Waals surface area contributed by atoms with Crippen LogP contribution in [-0.2, 0) is 9.53 Å². The third-order valence-electron chi connectivity index (χ3n) is 3.40. The number of carbonyl (C=O) groups is 1. The lowest BCUT2D eigenvalue weighted by atomic mass is 9.96. The van der Waals surface area contributed by atoms with Crippen LogP contribution in [0.25, 0.3) is 0 Å². The van der Waals surface area contributed by atoms with Crippen molar-refractivity contribution in [3.8, 4) is 0 Å². The number of hydrogen-bond acceptors (Lipinski definition) is 4. The maximum absolute atomic E-state index is 10.6. The first kappa shape index (κ1) is 14.4. The molecule has 1 aliphatic heterocycles. The SMILES string of the molecule is CN(CCC1CCOCC1)CCC(N)C(=O)O. The Labute approximate surface area is 103 Å². The largest absolute Gasteiger partial charge is 0.480 e. The number of ether oxygens (including phenoxy) is 1. The molecule has 1 aliphatic rings. The lowest BCUT2D eigenvalue weighted by Crippen LogP contribution is -2.35. The van der Waals surface area contributed by atoms with Gasteiger partial charge in [-0.15, -0.1) is 0 Å². The van der Waals surface area contributed by atoms with Crippen LogP contribution in [0, 0.1) is 5.92 Å². The van der Waals surface area contributed by atoms with Crippen molar-refractivity contribution in [2.24, 2.45) is 11.7 Å². The van der Waals surface area contributed by atoms with Crippen molar-refractivity contribution in [2.45, 2.75) is 31.7 Å². The minimum Gasteiger partial charge on any atom is -0.480 e. The first-order valence-electron chi connectivity index (χ1n) is 6.34. The van der Waals surface area contributed by atoms with Crippen LogP contribution in [-0.4, -0.2) is 55.4 Å². The highest BCUT2D eigenvalue weighted by Crippen LogP contribution is 2.18. The molecule has 1 atom stereocenters. The molecule has 1 heterocycles. The summed E-state index contributed by atoms with van der Waals surface area (Å²) in [6.07, 6.45) is 3.99. The first-order chi connectivity index (χ1) is 8.09. The molecule has 5 nitrogen and oxygen atoms in total. The molecule has 3 N–H and O–H groups in total. The highest BCUT2D eigenvalue weighted by atomic mass is 16.5. The molecule has 1 rings (SSSR count). The number of carboxylic acids is 1. The van der Waals surface area contributed by atoms with E-state index < -0.39 is 12.0 Å². The maximum Gasteiger partial charge on any atom is 0.320 e. The molecule has 0 spiro atoms. The summed E-state index contributed by atoms with van der Waals surface area (Å²) in [5, 5.41) is 8.67. The quantitative estimate of drug-likeness (QED) is 0.683. The van der Waals surface area contributed by atoms with E-state index in [1.165, 1.54) is 6.42 Å². The van der Waals surface area contributed by atoms with E-state index in [-0.39, 0.29) is 0 Å². The van der Waals surface area contributed by atoms with Gasteiger partial charge in [0.1, 0.15) is 6.04 Å².